The van der Waals surface area contributed by atoms with E-state index < -0.39 is 0 Å². The first-order chi connectivity index (χ1) is 6.18. The van der Waals surface area contributed by atoms with E-state index in [4.69, 9.17) is 0 Å². The molecule has 76 valence electrons. The Labute approximate surface area is 82.5 Å². The average molecular weight is 181 g/mol. The van der Waals surface area contributed by atoms with Gasteiger partial charge in [0.05, 0.1) is 0 Å². The van der Waals surface area contributed by atoms with Gasteiger partial charge in [-0.25, -0.2) is 0 Å². The second-order valence-corrected chi connectivity index (χ2v) is 5.30. The first-order valence-corrected chi connectivity index (χ1v) is 5.94. The number of nitrogens with zero attached hydrogens (tertiary/aromatic N) is 1. The molecule has 0 amide bonds. The van der Waals surface area contributed by atoms with Crippen molar-refractivity contribution in [2.45, 2.75) is 58.5 Å². The SMILES string of the molecule is CC1CC1CN1[C@H](C)CCC[C@@H]1C. The summed E-state index contributed by atoms with van der Waals surface area (Å²) >= 11 is 0. The van der Waals surface area contributed by atoms with Gasteiger partial charge in [0.25, 0.3) is 0 Å². The van der Waals surface area contributed by atoms with Gasteiger partial charge in [0.15, 0.2) is 0 Å². The monoisotopic (exact) mass is 181 g/mol. The van der Waals surface area contributed by atoms with Crippen LogP contribution in [0.2, 0.25) is 0 Å². The Balaban J connectivity index is 1.86. The Bertz CT molecular complexity index is 168. The highest BCUT2D eigenvalue weighted by Crippen LogP contribution is 2.40. The van der Waals surface area contributed by atoms with E-state index in [0.29, 0.717) is 0 Å². The average Bonchev–Trinajstić information content (AvgIpc) is 2.75. The van der Waals surface area contributed by atoms with Crippen LogP contribution in [0.25, 0.3) is 0 Å². The van der Waals surface area contributed by atoms with E-state index in [0.717, 1.165) is 23.9 Å². The van der Waals surface area contributed by atoms with Crippen LogP contribution in [0.1, 0.15) is 46.5 Å². The fourth-order valence-corrected chi connectivity index (χ4v) is 2.76. The van der Waals surface area contributed by atoms with Crippen LogP contribution in [0.15, 0.2) is 0 Å². The van der Waals surface area contributed by atoms with Crippen LogP contribution >= 0.6 is 0 Å². The third-order valence-corrected chi connectivity index (χ3v) is 4.10. The topological polar surface area (TPSA) is 3.24 Å². The first kappa shape index (κ1) is 9.51. The zero-order valence-electron chi connectivity index (χ0n) is 9.29. The summed E-state index contributed by atoms with van der Waals surface area (Å²) in [5.41, 5.74) is 0. The van der Waals surface area contributed by atoms with Crippen molar-refractivity contribution in [3.05, 3.63) is 0 Å². The van der Waals surface area contributed by atoms with Crippen molar-refractivity contribution in [2.24, 2.45) is 11.8 Å². The van der Waals surface area contributed by atoms with Gasteiger partial charge in [0.2, 0.25) is 0 Å². The lowest BCUT2D eigenvalue weighted by atomic mass is 9.97. The molecule has 0 spiro atoms. The molecule has 0 aromatic rings. The molecule has 0 N–H and O–H groups in total. The molecule has 13 heavy (non-hydrogen) atoms. The van der Waals surface area contributed by atoms with E-state index >= 15 is 0 Å². The molecule has 1 aliphatic heterocycles. The fourth-order valence-electron chi connectivity index (χ4n) is 2.76. The highest BCUT2D eigenvalue weighted by Gasteiger charge is 2.36. The lowest BCUT2D eigenvalue weighted by Gasteiger charge is -2.39. The molecule has 1 saturated heterocycles. The minimum Gasteiger partial charge on any atom is -0.298 e. The maximum absolute atomic E-state index is 2.75. The Morgan fingerprint density at radius 2 is 1.62 bits per heavy atom. The second kappa shape index (κ2) is 3.61. The molecule has 0 radical (unpaired) electrons. The first-order valence-electron chi connectivity index (χ1n) is 5.94. The maximum atomic E-state index is 2.75. The summed E-state index contributed by atoms with van der Waals surface area (Å²) in [5, 5.41) is 0. The molecule has 2 fully saturated rings. The van der Waals surface area contributed by atoms with E-state index in [-0.39, 0.29) is 0 Å². The van der Waals surface area contributed by atoms with Crippen molar-refractivity contribution in [2.75, 3.05) is 6.54 Å². The minimum atomic E-state index is 0.844. The van der Waals surface area contributed by atoms with E-state index in [2.05, 4.69) is 25.7 Å². The smallest absolute Gasteiger partial charge is 0.00698 e. The van der Waals surface area contributed by atoms with Gasteiger partial charge < -0.3 is 0 Å². The van der Waals surface area contributed by atoms with Gasteiger partial charge in [0.1, 0.15) is 0 Å². The molecule has 1 saturated carbocycles. The van der Waals surface area contributed by atoms with Crippen molar-refractivity contribution < 1.29 is 0 Å². The molecule has 1 heteroatoms. The Hall–Kier alpha value is -0.0400. The predicted molar refractivity (Wildman–Crippen MR) is 56.8 cm³/mol. The van der Waals surface area contributed by atoms with Crippen molar-refractivity contribution in [3.8, 4) is 0 Å². The molecule has 4 atom stereocenters. The Morgan fingerprint density at radius 3 is 2.08 bits per heavy atom. The summed E-state index contributed by atoms with van der Waals surface area (Å²) in [6.07, 6.45) is 5.77. The van der Waals surface area contributed by atoms with Crippen molar-refractivity contribution in [1.82, 2.24) is 4.90 Å². The zero-order chi connectivity index (χ0) is 9.42. The van der Waals surface area contributed by atoms with Crippen LogP contribution in [-0.2, 0) is 0 Å². The Morgan fingerprint density at radius 1 is 1.08 bits per heavy atom. The van der Waals surface area contributed by atoms with E-state index in [9.17, 15) is 0 Å². The molecule has 0 aromatic heterocycles. The van der Waals surface area contributed by atoms with Gasteiger partial charge in [-0.3, -0.25) is 4.90 Å². The van der Waals surface area contributed by atoms with Crippen LogP contribution in [0, 0.1) is 11.8 Å². The van der Waals surface area contributed by atoms with Crippen LogP contribution in [0.5, 0.6) is 0 Å². The zero-order valence-corrected chi connectivity index (χ0v) is 9.29. The van der Waals surface area contributed by atoms with Crippen molar-refractivity contribution in [1.29, 1.82) is 0 Å². The molecule has 2 aliphatic rings. The Kier molecular flexibility index (Phi) is 2.64. The molecular formula is C12H23N. The van der Waals surface area contributed by atoms with Gasteiger partial charge in [-0.2, -0.15) is 0 Å². The molecule has 1 nitrogen and oxygen atoms in total. The highest BCUT2D eigenvalue weighted by atomic mass is 15.2. The molecule has 1 aliphatic carbocycles. The normalized spacial score (nSPS) is 46.4. The van der Waals surface area contributed by atoms with E-state index in [1.54, 1.807) is 0 Å². The highest BCUT2D eigenvalue weighted by molar-refractivity contribution is 4.89. The number of piperidine rings is 1. The summed E-state index contributed by atoms with van der Waals surface area (Å²) in [6, 6.07) is 1.69. The van der Waals surface area contributed by atoms with E-state index in [1.807, 2.05) is 0 Å². The second-order valence-electron chi connectivity index (χ2n) is 5.30. The van der Waals surface area contributed by atoms with Crippen LogP contribution in [0.3, 0.4) is 0 Å². The molecular weight excluding hydrogens is 158 g/mol. The number of hydrogen-bond acceptors (Lipinski definition) is 1. The van der Waals surface area contributed by atoms with Crippen LogP contribution in [0.4, 0.5) is 0 Å². The van der Waals surface area contributed by atoms with E-state index in [1.165, 1.54) is 32.2 Å². The summed E-state index contributed by atoms with van der Waals surface area (Å²) < 4.78 is 0. The third kappa shape index (κ3) is 2.07. The van der Waals surface area contributed by atoms with Crippen molar-refractivity contribution >= 4 is 0 Å². The molecule has 2 unspecified atom stereocenters. The van der Waals surface area contributed by atoms with Gasteiger partial charge in [0, 0.05) is 18.6 Å². The van der Waals surface area contributed by atoms with Gasteiger partial charge in [-0.1, -0.05) is 13.3 Å². The standard InChI is InChI=1S/C12H23N/c1-9-7-12(9)8-13-10(2)5-4-6-11(13)3/h9-12H,4-8H2,1-3H3/t9?,10-,11+,12?. The van der Waals surface area contributed by atoms with Crippen LogP contribution in [-0.4, -0.2) is 23.5 Å². The number of hydrogen-bond donors (Lipinski definition) is 0. The van der Waals surface area contributed by atoms with Gasteiger partial charge >= 0.3 is 0 Å². The molecule has 0 bridgehead atoms. The lowest BCUT2D eigenvalue weighted by molar-refractivity contribution is 0.0963. The summed E-state index contributed by atoms with van der Waals surface area (Å²) in [5.74, 6) is 2.05. The largest absolute Gasteiger partial charge is 0.298 e. The number of likely N-dealkylation sites (tertiary alicyclic amines) is 1. The summed E-state index contributed by atoms with van der Waals surface area (Å²) in [6.45, 7) is 8.58. The summed E-state index contributed by atoms with van der Waals surface area (Å²) in [4.78, 5) is 2.75. The fraction of sp³-hybridized carbons (Fsp3) is 1.00. The lowest BCUT2D eigenvalue weighted by Crippen LogP contribution is -2.44. The van der Waals surface area contributed by atoms with Gasteiger partial charge in [-0.05, 0) is 44.9 Å². The van der Waals surface area contributed by atoms with Gasteiger partial charge in [-0.15, -0.1) is 0 Å². The summed E-state index contributed by atoms with van der Waals surface area (Å²) in [7, 11) is 0. The van der Waals surface area contributed by atoms with Crippen LogP contribution < -0.4 is 0 Å². The molecule has 0 aromatic carbocycles. The maximum Gasteiger partial charge on any atom is 0.00698 e. The quantitative estimate of drug-likeness (QED) is 0.633. The molecule has 1 heterocycles. The predicted octanol–water partition coefficient (Wildman–Crippen LogP) is 2.91. The minimum absolute atomic E-state index is 0.844. The van der Waals surface area contributed by atoms with Crippen molar-refractivity contribution in [3.63, 3.8) is 0 Å². The molecule has 2 rings (SSSR count). The third-order valence-electron chi connectivity index (χ3n) is 4.10. The number of rotatable bonds is 2.